The number of nitrogens with two attached hydrogens (primary N) is 1. The van der Waals surface area contributed by atoms with Crippen LogP contribution in [0.5, 0.6) is 0 Å². The first-order valence-corrected chi connectivity index (χ1v) is 6.21. The highest BCUT2D eigenvalue weighted by atomic mass is 79.9. The molecule has 1 aromatic carbocycles. The van der Waals surface area contributed by atoms with Crippen LogP contribution in [-0.4, -0.2) is 0 Å². The Morgan fingerprint density at radius 2 is 1.79 bits per heavy atom. The van der Waals surface area contributed by atoms with Gasteiger partial charge >= 0.3 is 0 Å². The normalized spacial score (nSPS) is 18.2. The van der Waals surface area contributed by atoms with Gasteiger partial charge in [0.2, 0.25) is 0 Å². The summed E-state index contributed by atoms with van der Waals surface area (Å²) in [5.41, 5.74) is 4.14. The Morgan fingerprint density at radius 1 is 1.21 bits per heavy atom. The molecule has 2 nitrogen and oxygen atoms in total. The van der Waals surface area contributed by atoms with Crippen LogP contribution >= 0.6 is 31.9 Å². The molecule has 0 radical (unpaired) electrons. The smallest absolute Gasteiger partial charge is 0.0488 e. The predicted octanol–water partition coefficient (Wildman–Crippen LogP) is 3.13. The zero-order valence-electron chi connectivity index (χ0n) is 7.63. The lowest BCUT2D eigenvalue weighted by Gasteiger charge is -2.16. The monoisotopic (exact) mass is 318 g/mol. The summed E-state index contributed by atoms with van der Waals surface area (Å²) in [5, 5.41) is 0. The van der Waals surface area contributed by atoms with Gasteiger partial charge in [-0.3, -0.25) is 11.3 Å². The van der Waals surface area contributed by atoms with E-state index in [0.717, 1.165) is 8.95 Å². The lowest BCUT2D eigenvalue weighted by atomic mass is 10.0. The van der Waals surface area contributed by atoms with Gasteiger partial charge in [0.25, 0.3) is 0 Å². The molecule has 1 atom stereocenters. The third-order valence-electron chi connectivity index (χ3n) is 2.52. The molecule has 3 N–H and O–H groups in total. The Labute approximate surface area is 100 Å². The van der Waals surface area contributed by atoms with E-state index >= 15 is 0 Å². The van der Waals surface area contributed by atoms with Crippen LogP contribution < -0.4 is 11.3 Å². The van der Waals surface area contributed by atoms with Gasteiger partial charge in [0, 0.05) is 15.0 Å². The minimum absolute atomic E-state index is 0.295. The van der Waals surface area contributed by atoms with Crippen LogP contribution in [0.3, 0.4) is 0 Å². The fourth-order valence-electron chi connectivity index (χ4n) is 1.69. The molecule has 76 valence electrons. The molecule has 14 heavy (non-hydrogen) atoms. The Hall–Kier alpha value is 0.1000. The lowest BCUT2D eigenvalue weighted by molar-refractivity contribution is 0.496. The fourth-order valence-corrected chi connectivity index (χ4v) is 3.02. The Morgan fingerprint density at radius 3 is 2.21 bits per heavy atom. The topological polar surface area (TPSA) is 38.0 Å². The Kier molecular flexibility index (Phi) is 3.27. The van der Waals surface area contributed by atoms with Crippen molar-refractivity contribution >= 4 is 31.9 Å². The molecule has 1 aliphatic carbocycles. The summed E-state index contributed by atoms with van der Waals surface area (Å²) in [5.74, 6) is 6.27. The van der Waals surface area contributed by atoms with Gasteiger partial charge < -0.3 is 0 Å². The molecule has 0 aromatic heterocycles. The molecule has 0 amide bonds. The minimum atomic E-state index is 0.295. The summed E-state index contributed by atoms with van der Waals surface area (Å²) >= 11 is 6.96. The molecule has 0 heterocycles. The number of hydrogen-bond donors (Lipinski definition) is 2. The highest BCUT2D eigenvalue weighted by molar-refractivity contribution is 9.11. The van der Waals surface area contributed by atoms with Crippen LogP contribution in [0.1, 0.15) is 24.4 Å². The molecular weight excluding hydrogens is 308 g/mol. The van der Waals surface area contributed by atoms with Crippen molar-refractivity contribution in [2.45, 2.75) is 18.9 Å². The Balaban J connectivity index is 2.28. The Bertz CT molecular complexity index is 317. The predicted molar refractivity (Wildman–Crippen MR) is 64.6 cm³/mol. The molecule has 0 aliphatic heterocycles. The fraction of sp³-hybridized carbons (Fsp3) is 0.400. The van der Waals surface area contributed by atoms with Gasteiger partial charge in [-0.2, -0.15) is 0 Å². The van der Waals surface area contributed by atoms with E-state index in [0.29, 0.717) is 12.0 Å². The maximum atomic E-state index is 5.57. The van der Waals surface area contributed by atoms with Crippen molar-refractivity contribution in [3.05, 3.63) is 32.7 Å². The van der Waals surface area contributed by atoms with Crippen LogP contribution in [0.25, 0.3) is 0 Å². The number of hydrazine groups is 1. The van der Waals surface area contributed by atoms with Crippen molar-refractivity contribution in [2.75, 3.05) is 0 Å². The summed E-state index contributed by atoms with van der Waals surface area (Å²) in [6.07, 6.45) is 2.55. The van der Waals surface area contributed by atoms with Crippen LogP contribution in [0.2, 0.25) is 0 Å². The first kappa shape index (κ1) is 10.6. The van der Waals surface area contributed by atoms with Crippen molar-refractivity contribution in [3.8, 4) is 0 Å². The van der Waals surface area contributed by atoms with Crippen molar-refractivity contribution < 1.29 is 0 Å². The molecule has 0 spiro atoms. The average molecular weight is 320 g/mol. The summed E-state index contributed by atoms with van der Waals surface area (Å²) < 4.78 is 2.17. The average Bonchev–Trinajstić information content (AvgIpc) is 2.87. The van der Waals surface area contributed by atoms with E-state index in [-0.39, 0.29) is 0 Å². The van der Waals surface area contributed by atoms with Gasteiger partial charge in [0.05, 0.1) is 0 Å². The number of rotatable bonds is 3. The van der Waals surface area contributed by atoms with Crippen LogP contribution in [0.4, 0.5) is 0 Å². The van der Waals surface area contributed by atoms with Gasteiger partial charge in [-0.15, -0.1) is 0 Å². The van der Waals surface area contributed by atoms with Gasteiger partial charge in [0.1, 0.15) is 0 Å². The number of halogens is 2. The number of nitrogens with one attached hydrogen (secondary N) is 1. The first-order chi connectivity index (χ1) is 6.70. The molecule has 0 saturated heterocycles. The van der Waals surface area contributed by atoms with Gasteiger partial charge in [0.15, 0.2) is 0 Å². The lowest BCUT2D eigenvalue weighted by Crippen LogP contribution is -2.29. The van der Waals surface area contributed by atoms with Gasteiger partial charge in [-0.1, -0.05) is 31.9 Å². The molecule has 1 aromatic rings. The molecule has 2 rings (SSSR count). The van der Waals surface area contributed by atoms with E-state index in [1.54, 1.807) is 0 Å². The van der Waals surface area contributed by atoms with E-state index in [4.69, 9.17) is 5.84 Å². The van der Waals surface area contributed by atoms with E-state index in [2.05, 4.69) is 49.4 Å². The SMILES string of the molecule is NNC(c1cc(Br)cc(Br)c1)C1CC1. The summed E-state index contributed by atoms with van der Waals surface area (Å²) in [6, 6.07) is 6.56. The zero-order valence-corrected chi connectivity index (χ0v) is 10.8. The van der Waals surface area contributed by atoms with Gasteiger partial charge in [-0.25, -0.2) is 0 Å². The molecule has 1 fully saturated rings. The number of hydrogen-bond acceptors (Lipinski definition) is 2. The van der Waals surface area contributed by atoms with Crippen molar-refractivity contribution in [1.82, 2.24) is 5.43 Å². The number of benzene rings is 1. The third kappa shape index (κ3) is 2.37. The molecule has 1 saturated carbocycles. The highest BCUT2D eigenvalue weighted by Gasteiger charge is 2.31. The second-order valence-corrected chi connectivity index (χ2v) is 5.52. The standard InChI is InChI=1S/C10H12Br2N2/c11-8-3-7(4-9(12)5-8)10(14-13)6-1-2-6/h3-6,10,14H,1-2,13H2. The highest BCUT2D eigenvalue weighted by Crippen LogP contribution is 2.41. The molecule has 1 unspecified atom stereocenters. The largest absolute Gasteiger partial charge is 0.271 e. The second-order valence-electron chi connectivity index (χ2n) is 3.68. The van der Waals surface area contributed by atoms with Crippen molar-refractivity contribution in [3.63, 3.8) is 0 Å². The molecular formula is C10H12Br2N2. The maximum absolute atomic E-state index is 5.57. The maximum Gasteiger partial charge on any atom is 0.0488 e. The van der Waals surface area contributed by atoms with Gasteiger partial charge in [-0.05, 0) is 42.5 Å². The zero-order chi connectivity index (χ0) is 10.1. The summed E-state index contributed by atoms with van der Waals surface area (Å²) in [7, 11) is 0. The summed E-state index contributed by atoms with van der Waals surface area (Å²) in [4.78, 5) is 0. The van der Waals surface area contributed by atoms with Crippen LogP contribution in [0, 0.1) is 5.92 Å². The van der Waals surface area contributed by atoms with Crippen molar-refractivity contribution in [1.29, 1.82) is 0 Å². The third-order valence-corrected chi connectivity index (χ3v) is 3.43. The molecule has 4 heteroatoms. The first-order valence-electron chi connectivity index (χ1n) is 4.63. The summed E-state index contributed by atoms with van der Waals surface area (Å²) in [6.45, 7) is 0. The minimum Gasteiger partial charge on any atom is -0.271 e. The molecule has 1 aliphatic rings. The van der Waals surface area contributed by atoms with Crippen LogP contribution in [0.15, 0.2) is 27.1 Å². The quantitative estimate of drug-likeness (QED) is 0.663. The molecule has 0 bridgehead atoms. The van der Waals surface area contributed by atoms with Crippen LogP contribution in [-0.2, 0) is 0 Å². The van der Waals surface area contributed by atoms with E-state index in [9.17, 15) is 0 Å². The van der Waals surface area contributed by atoms with E-state index in [1.165, 1.54) is 18.4 Å². The van der Waals surface area contributed by atoms with Crippen molar-refractivity contribution in [2.24, 2.45) is 11.8 Å². The van der Waals surface area contributed by atoms with E-state index < -0.39 is 0 Å². The second kappa shape index (κ2) is 4.31. The van der Waals surface area contributed by atoms with E-state index in [1.807, 2.05) is 6.07 Å².